The highest BCUT2D eigenvalue weighted by Gasteiger charge is 2.33. The second-order valence-corrected chi connectivity index (χ2v) is 6.81. The summed E-state index contributed by atoms with van der Waals surface area (Å²) in [7, 11) is 0. The van der Waals surface area contributed by atoms with Crippen LogP contribution in [-0.2, 0) is 10.9 Å². The Balaban J connectivity index is 1.72. The second kappa shape index (κ2) is 8.27. The Labute approximate surface area is 169 Å². The van der Waals surface area contributed by atoms with Crippen molar-refractivity contribution in [2.75, 3.05) is 18.5 Å². The molecule has 2 aliphatic heterocycles. The first-order chi connectivity index (χ1) is 14.4. The molecule has 1 atom stereocenters. The Morgan fingerprint density at radius 2 is 2.13 bits per heavy atom. The molecule has 2 aromatic rings. The van der Waals surface area contributed by atoms with Gasteiger partial charge >= 0.3 is 6.18 Å². The number of pyridine rings is 1. The van der Waals surface area contributed by atoms with E-state index in [1.54, 1.807) is 6.08 Å². The number of amidine groups is 1. The van der Waals surface area contributed by atoms with Crippen molar-refractivity contribution in [2.45, 2.75) is 25.6 Å². The molecule has 158 valence electrons. The summed E-state index contributed by atoms with van der Waals surface area (Å²) in [6, 6.07) is 3.71. The predicted octanol–water partition coefficient (Wildman–Crippen LogP) is 3.32. The van der Waals surface area contributed by atoms with Crippen molar-refractivity contribution in [3.8, 4) is 0 Å². The van der Waals surface area contributed by atoms with Crippen LogP contribution in [0.1, 0.15) is 24.7 Å². The van der Waals surface area contributed by atoms with Crippen LogP contribution in [0.4, 0.5) is 18.9 Å². The minimum absolute atomic E-state index is 0.0676. The summed E-state index contributed by atoms with van der Waals surface area (Å²) in [5.41, 5.74) is 0.197. The number of aromatic nitrogens is 2. The molecule has 4 rings (SSSR count). The number of hydrogen-bond donors (Lipinski definition) is 2. The topological polar surface area (TPSA) is 96.9 Å². The first-order valence-corrected chi connectivity index (χ1v) is 9.36. The summed E-state index contributed by atoms with van der Waals surface area (Å²) >= 11 is 0. The average Bonchev–Trinajstić information content (AvgIpc) is 3.12. The van der Waals surface area contributed by atoms with E-state index < -0.39 is 11.9 Å². The fourth-order valence-corrected chi connectivity index (χ4v) is 2.94. The SMILES string of the molecule is CCC1C=C(c2cccc(C(F)(F)F)n2)NC(=NC2COC2)N=C1Nc1cnoc1. The summed E-state index contributed by atoms with van der Waals surface area (Å²) in [5, 5.41) is 9.85. The number of halogens is 3. The van der Waals surface area contributed by atoms with Crippen LogP contribution in [0.15, 0.2) is 51.2 Å². The summed E-state index contributed by atoms with van der Waals surface area (Å²) in [6.45, 7) is 2.88. The maximum absolute atomic E-state index is 13.1. The summed E-state index contributed by atoms with van der Waals surface area (Å²) in [6.07, 6.45) is 0.831. The van der Waals surface area contributed by atoms with Crippen LogP contribution >= 0.6 is 0 Å². The smallest absolute Gasteiger partial charge is 0.377 e. The highest BCUT2D eigenvalue weighted by molar-refractivity contribution is 6.08. The molecule has 0 spiro atoms. The van der Waals surface area contributed by atoms with E-state index in [1.807, 2.05) is 6.92 Å². The van der Waals surface area contributed by atoms with Gasteiger partial charge in [0.25, 0.3) is 0 Å². The van der Waals surface area contributed by atoms with E-state index in [4.69, 9.17) is 9.26 Å². The number of ether oxygens (including phenoxy) is 1. The van der Waals surface area contributed by atoms with Crippen LogP contribution in [0.2, 0.25) is 0 Å². The van der Waals surface area contributed by atoms with E-state index in [2.05, 4.69) is 30.8 Å². The Morgan fingerprint density at radius 1 is 1.30 bits per heavy atom. The van der Waals surface area contributed by atoms with Crippen LogP contribution in [0.25, 0.3) is 5.70 Å². The molecule has 1 unspecified atom stereocenters. The van der Waals surface area contributed by atoms with Crippen molar-refractivity contribution in [3.05, 3.63) is 48.1 Å². The summed E-state index contributed by atoms with van der Waals surface area (Å²) < 4.78 is 49.4. The lowest BCUT2D eigenvalue weighted by molar-refractivity contribution is -0.141. The molecule has 0 radical (unpaired) electrons. The third-order valence-corrected chi connectivity index (χ3v) is 4.58. The lowest BCUT2D eigenvalue weighted by atomic mass is 10.0. The van der Waals surface area contributed by atoms with E-state index >= 15 is 0 Å². The number of nitrogens with zero attached hydrogens (tertiary/aromatic N) is 4. The normalized spacial score (nSPS) is 21.3. The number of aliphatic imine (C=N–C) groups is 2. The van der Waals surface area contributed by atoms with E-state index in [1.165, 1.54) is 24.6 Å². The predicted molar refractivity (Wildman–Crippen MR) is 104 cm³/mol. The zero-order chi connectivity index (χ0) is 21.1. The van der Waals surface area contributed by atoms with Gasteiger partial charge in [-0.2, -0.15) is 18.2 Å². The van der Waals surface area contributed by atoms with Gasteiger partial charge in [-0.05, 0) is 24.6 Å². The first kappa shape index (κ1) is 20.1. The average molecular weight is 420 g/mol. The molecule has 0 aliphatic carbocycles. The minimum Gasteiger partial charge on any atom is -0.377 e. The molecular weight excluding hydrogens is 401 g/mol. The summed E-state index contributed by atoms with van der Waals surface area (Å²) in [4.78, 5) is 12.9. The van der Waals surface area contributed by atoms with Crippen molar-refractivity contribution < 1.29 is 22.4 Å². The molecule has 11 heteroatoms. The third-order valence-electron chi connectivity index (χ3n) is 4.58. The number of anilines is 1. The van der Waals surface area contributed by atoms with Gasteiger partial charge in [0.05, 0.1) is 36.5 Å². The Morgan fingerprint density at radius 3 is 2.77 bits per heavy atom. The van der Waals surface area contributed by atoms with Crippen LogP contribution in [0.3, 0.4) is 0 Å². The van der Waals surface area contributed by atoms with Gasteiger partial charge in [-0.3, -0.25) is 0 Å². The lowest BCUT2D eigenvalue weighted by Crippen LogP contribution is -2.35. The maximum Gasteiger partial charge on any atom is 0.433 e. The molecule has 4 heterocycles. The zero-order valence-corrected chi connectivity index (χ0v) is 16.0. The van der Waals surface area contributed by atoms with Crippen molar-refractivity contribution in [2.24, 2.45) is 15.9 Å². The van der Waals surface area contributed by atoms with Gasteiger partial charge in [0.2, 0.25) is 5.96 Å². The van der Waals surface area contributed by atoms with E-state index in [0.29, 0.717) is 36.9 Å². The zero-order valence-electron chi connectivity index (χ0n) is 16.0. The lowest BCUT2D eigenvalue weighted by Gasteiger charge is -2.22. The number of guanidine groups is 1. The van der Waals surface area contributed by atoms with Gasteiger partial charge in [-0.1, -0.05) is 18.1 Å². The fraction of sp³-hybridized carbons (Fsp3) is 0.368. The number of hydrogen-bond acceptors (Lipinski definition) is 6. The molecule has 0 aromatic carbocycles. The van der Waals surface area contributed by atoms with Crippen molar-refractivity contribution >= 4 is 23.2 Å². The van der Waals surface area contributed by atoms with Crippen molar-refractivity contribution in [1.29, 1.82) is 0 Å². The molecule has 0 saturated carbocycles. The van der Waals surface area contributed by atoms with E-state index in [9.17, 15) is 13.2 Å². The van der Waals surface area contributed by atoms with E-state index in [-0.39, 0.29) is 23.6 Å². The maximum atomic E-state index is 13.1. The first-order valence-electron chi connectivity index (χ1n) is 9.36. The highest BCUT2D eigenvalue weighted by Crippen LogP contribution is 2.29. The standard InChI is InChI=1S/C19H19F3N6O2/c1-2-11-6-15(14-4-3-5-16(26-14)19(20,21)22)27-18(25-13-8-29-9-13)28-17(11)24-12-7-23-30-10-12/h3-7,10-11,13H,2,8-9H2,1H3,(H2,24,25,27,28). The van der Waals surface area contributed by atoms with Gasteiger partial charge in [-0.15, -0.1) is 0 Å². The molecular formula is C19H19F3N6O2. The Kier molecular flexibility index (Phi) is 5.53. The van der Waals surface area contributed by atoms with E-state index in [0.717, 1.165) is 6.07 Å². The van der Waals surface area contributed by atoms with Gasteiger partial charge in [-0.25, -0.2) is 9.98 Å². The molecule has 2 aromatic heterocycles. The van der Waals surface area contributed by atoms with Gasteiger partial charge in [0.15, 0.2) is 0 Å². The van der Waals surface area contributed by atoms with Gasteiger partial charge in [0, 0.05) is 5.92 Å². The molecule has 1 saturated heterocycles. The van der Waals surface area contributed by atoms with Crippen LogP contribution in [-0.4, -0.2) is 41.2 Å². The largest absolute Gasteiger partial charge is 0.433 e. The molecule has 2 N–H and O–H groups in total. The molecule has 8 nitrogen and oxygen atoms in total. The van der Waals surface area contributed by atoms with Crippen molar-refractivity contribution in [3.63, 3.8) is 0 Å². The second-order valence-electron chi connectivity index (χ2n) is 6.81. The fourth-order valence-electron chi connectivity index (χ4n) is 2.94. The molecule has 0 amide bonds. The Bertz CT molecular complexity index is 980. The molecule has 1 fully saturated rings. The van der Waals surface area contributed by atoms with Gasteiger partial charge in [0.1, 0.15) is 23.8 Å². The number of alkyl halides is 3. The minimum atomic E-state index is -4.54. The van der Waals surface area contributed by atoms with Crippen LogP contribution in [0.5, 0.6) is 0 Å². The number of nitrogens with one attached hydrogen (secondary N) is 2. The molecule has 2 aliphatic rings. The van der Waals surface area contributed by atoms with Crippen LogP contribution < -0.4 is 10.6 Å². The van der Waals surface area contributed by atoms with Crippen LogP contribution in [0, 0.1) is 5.92 Å². The highest BCUT2D eigenvalue weighted by atomic mass is 19.4. The quantitative estimate of drug-likeness (QED) is 0.788. The van der Waals surface area contributed by atoms with Crippen molar-refractivity contribution in [1.82, 2.24) is 15.5 Å². The molecule has 30 heavy (non-hydrogen) atoms. The monoisotopic (exact) mass is 420 g/mol. The van der Waals surface area contributed by atoms with Gasteiger partial charge < -0.3 is 19.9 Å². The Hall–Kier alpha value is -3.21. The molecule has 0 bridgehead atoms. The number of rotatable bonds is 4. The summed E-state index contributed by atoms with van der Waals surface area (Å²) in [5.74, 6) is 0.599. The third kappa shape index (κ3) is 4.51.